The quantitative estimate of drug-likeness (QED) is 0.0112. The molecule has 14 N–H and O–H groups in total. The zero-order valence-corrected chi connectivity index (χ0v) is 61.7. The molecule has 4 aliphatic heterocycles. The molecule has 2 saturated heterocycles. The highest BCUT2D eigenvalue weighted by Crippen LogP contribution is 2.51. The molecule has 4 aliphatic rings. The van der Waals surface area contributed by atoms with Gasteiger partial charge in [0.1, 0.15) is 42.3 Å². The Balaban J connectivity index is 0.986. The van der Waals surface area contributed by atoms with E-state index in [9.17, 15) is 73.2 Å². The van der Waals surface area contributed by atoms with Crippen LogP contribution in [0.5, 0.6) is 0 Å². The number of benzene rings is 5. The zero-order valence-electron chi connectivity index (χ0n) is 60.1. The summed E-state index contributed by atoms with van der Waals surface area (Å²) < 4.78 is 2.04. The van der Waals surface area contributed by atoms with Crippen molar-refractivity contribution in [2.75, 3.05) is 55.7 Å². The van der Waals surface area contributed by atoms with E-state index in [2.05, 4.69) is 82.4 Å². The third-order valence-electron chi connectivity index (χ3n) is 19.3. The van der Waals surface area contributed by atoms with Gasteiger partial charge in [0, 0.05) is 90.9 Å². The molecule has 0 saturated carbocycles. The number of nitrogens with two attached hydrogens (primary N) is 1. The fourth-order valence-electron chi connectivity index (χ4n) is 14.0. The summed E-state index contributed by atoms with van der Waals surface area (Å²) in [5.41, 5.74) is 11.5. The number of carboxylic acids is 3. The van der Waals surface area contributed by atoms with Crippen molar-refractivity contribution in [2.45, 2.75) is 139 Å². The molecular weight excluding hydrogens is 1410 g/mol. The lowest BCUT2D eigenvalue weighted by Gasteiger charge is -2.30. The topological polar surface area (TPSA) is 427 Å². The maximum absolute atomic E-state index is 14.6. The number of hydrogen-bond acceptors (Lipinski definition) is 17. The number of hydrogen-bond donors (Lipinski definition) is 13. The Morgan fingerprint density at radius 1 is 0.757 bits per heavy atom. The highest BCUT2D eigenvalue weighted by molar-refractivity contribution is 8.76. The van der Waals surface area contributed by atoms with Crippen molar-refractivity contribution < 1.29 is 77.7 Å². The molecule has 0 spiro atoms. The van der Waals surface area contributed by atoms with E-state index in [0.717, 1.165) is 87.5 Å². The molecule has 9 rings (SSSR count). The van der Waals surface area contributed by atoms with Crippen LogP contribution in [0.2, 0.25) is 0 Å². The monoisotopic (exact) mass is 1500 g/mol. The van der Waals surface area contributed by atoms with Crippen LogP contribution >= 0.6 is 21.6 Å². The van der Waals surface area contributed by atoms with Crippen LogP contribution in [-0.2, 0) is 70.0 Å². The standard InChI is InChI=1S/C77H91N13O15S2/c1-45-25-27-46(28-26-45)39-53(74(104)105)85-71(101)56-44-107-106-43-55(68(98)81-41-63(93)82-51(21-15-35-80-75(78)79)69(99)84-52(40-65(96)97)70(100)86-54(42-91)73(103)90-36-16-22-59(90)72(102)87-56)83-62(92)33-37-88-57-31-29-47-17-11-13-19-49(47)66(57)76(2,3)60(88)23-9-7-6-8-10-24-61-77(4,5)67-50-20-14-12-18-48(50)30-32-58(67)89(61)38-34-64(94)95/h6-14,17-20,23-32,51-56,59,91H,15-16,21-22,33-44H2,1-5H3,(H13-,78,79,80,81,82,83,84,85,86,87,92,93,94,95,96,97,98,99,100,101,102,104,105)/t51-,52-,53?,54-,55+,56-,59?/m0/s1. The Morgan fingerprint density at radius 2 is 1.41 bits per heavy atom. The number of amides is 8. The van der Waals surface area contributed by atoms with Crippen LogP contribution < -0.4 is 58.3 Å². The van der Waals surface area contributed by atoms with Gasteiger partial charge in [-0.25, -0.2) is 4.79 Å². The maximum Gasteiger partial charge on any atom is 0.326 e. The maximum atomic E-state index is 14.6. The zero-order chi connectivity index (χ0) is 77.3. The van der Waals surface area contributed by atoms with Crippen molar-refractivity contribution in [2.24, 2.45) is 5.73 Å². The number of carbonyl (C=O) groups is 11. The summed E-state index contributed by atoms with van der Waals surface area (Å²) in [6.45, 7) is 8.71. The highest BCUT2D eigenvalue weighted by Gasteiger charge is 2.47. The van der Waals surface area contributed by atoms with Crippen molar-refractivity contribution in [3.05, 3.63) is 168 Å². The average Bonchev–Trinajstić information content (AvgIpc) is 1.58. The van der Waals surface area contributed by atoms with Crippen LogP contribution in [0, 0.1) is 12.3 Å². The van der Waals surface area contributed by atoms with Crippen LogP contribution in [0.3, 0.4) is 0 Å². The minimum atomic E-state index is -1.92. The molecule has 28 nitrogen and oxygen atoms in total. The van der Waals surface area contributed by atoms with Gasteiger partial charge in [-0.3, -0.25) is 48.6 Å². The Kier molecular flexibility index (Phi) is 27.3. The van der Waals surface area contributed by atoms with E-state index < -0.39 is 144 Å². The smallest absolute Gasteiger partial charge is 0.326 e. The van der Waals surface area contributed by atoms with Crippen LogP contribution in [0.25, 0.3) is 21.5 Å². The SMILES string of the molecule is Cc1ccc(CC(NC(=O)[C@@H]2CSSC[C@@H](NC(=O)CCN3/C(=C/C=C/C=C/C=C/C4=[N+](CCC(=O)[O-])c5ccc6ccccc6c5C4(C)C)C(C)(C)c4c3ccc3ccccc43)C(=O)NCC(=O)N[C@@H](CCCNC(=N)N)C(=O)N[C@@H](CC(=O)O)C(=O)N[C@@H](CO)C(=O)N3CCCC3C(=O)N2)C(=O)O)cc1. The molecule has 0 aliphatic carbocycles. The van der Waals surface area contributed by atoms with Crippen LogP contribution in [0.15, 0.2) is 145 Å². The lowest BCUT2D eigenvalue weighted by molar-refractivity contribution is -0.439. The predicted molar refractivity (Wildman–Crippen MR) is 406 cm³/mol. The fourth-order valence-corrected chi connectivity index (χ4v) is 16.3. The van der Waals surface area contributed by atoms with Gasteiger partial charge in [0.05, 0.1) is 25.0 Å². The number of allylic oxidation sites excluding steroid dienone is 8. The molecule has 30 heteroatoms. The minimum absolute atomic E-state index is 0.0246. The normalized spacial score (nSPS) is 21.7. The lowest BCUT2D eigenvalue weighted by Crippen LogP contribution is -2.60. The lowest BCUT2D eigenvalue weighted by atomic mass is 9.79. The predicted octanol–water partition coefficient (Wildman–Crippen LogP) is 3.03. The van der Waals surface area contributed by atoms with Gasteiger partial charge in [-0.1, -0.05) is 150 Å². The van der Waals surface area contributed by atoms with Gasteiger partial charge in [-0.15, -0.1) is 0 Å². The molecule has 5 aromatic rings. The Labute approximate surface area is 626 Å². The Bertz CT molecular complexity index is 4420. The average molecular weight is 1500 g/mol. The van der Waals surface area contributed by atoms with E-state index in [1.807, 2.05) is 120 Å². The molecule has 0 aromatic heterocycles. The van der Waals surface area contributed by atoms with Gasteiger partial charge < -0.3 is 83.3 Å². The first-order chi connectivity index (χ1) is 51.1. The summed E-state index contributed by atoms with van der Waals surface area (Å²) in [5.74, 6) is -12.5. The molecule has 2 fully saturated rings. The molecular formula is C77H91N13O15S2. The van der Waals surface area contributed by atoms with E-state index in [-0.39, 0.29) is 82.6 Å². The molecule has 4 heterocycles. The van der Waals surface area contributed by atoms with Gasteiger partial charge in [0.15, 0.2) is 18.2 Å². The van der Waals surface area contributed by atoms with Crippen molar-refractivity contribution in [1.29, 1.82) is 5.41 Å². The molecule has 2 unspecified atom stereocenters. The van der Waals surface area contributed by atoms with Crippen molar-refractivity contribution in [3.63, 3.8) is 0 Å². The second-order valence-electron chi connectivity index (χ2n) is 27.6. The number of aryl methyl sites for hydroxylation is 1. The van der Waals surface area contributed by atoms with Crippen molar-refractivity contribution in [3.8, 4) is 0 Å². The van der Waals surface area contributed by atoms with Crippen LogP contribution in [-0.4, -0.2) is 195 Å². The number of nitrogens with one attached hydrogen (secondary N) is 9. The summed E-state index contributed by atoms with van der Waals surface area (Å²) in [6, 6.07) is 20.2. The van der Waals surface area contributed by atoms with Crippen LogP contribution in [0.4, 0.5) is 11.4 Å². The first kappa shape index (κ1) is 80.3. The molecule has 0 bridgehead atoms. The van der Waals surface area contributed by atoms with Gasteiger partial charge in [0.2, 0.25) is 52.9 Å². The first-order valence-corrected chi connectivity index (χ1v) is 37.8. The van der Waals surface area contributed by atoms with Crippen molar-refractivity contribution in [1.82, 2.24) is 47.4 Å². The summed E-state index contributed by atoms with van der Waals surface area (Å²) in [4.78, 5) is 154. The molecule has 5 aromatic carbocycles. The summed E-state index contributed by atoms with van der Waals surface area (Å²) in [7, 11) is 1.96. The second kappa shape index (κ2) is 36.4. The minimum Gasteiger partial charge on any atom is -0.550 e. The fraction of sp³-hybridized carbons (Fsp3) is 0.390. The van der Waals surface area contributed by atoms with Gasteiger partial charge >= 0.3 is 11.9 Å². The number of aliphatic hydroxyl groups is 1. The molecule has 107 heavy (non-hydrogen) atoms. The summed E-state index contributed by atoms with van der Waals surface area (Å²) in [6.07, 6.45) is 12.0. The van der Waals surface area contributed by atoms with E-state index in [4.69, 9.17) is 11.1 Å². The van der Waals surface area contributed by atoms with Crippen molar-refractivity contribution >= 4 is 131 Å². The molecule has 566 valence electrons. The first-order valence-electron chi connectivity index (χ1n) is 35.3. The number of aliphatic carboxylic acids is 3. The molecule has 0 radical (unpaired) electrons. The van der Waals surface area contributed by atoms with E-state index in [0.29, 0.717) is 5.56 Å². The number of anilines is 1. The van der Waals surface area contributed by atoms with E-state index in [1.165, 1.54) is 0 Å². The number of nitrogens with zero attached hydrogens (tertiary/aromatic N) is 3. The highest BCUT2D eigenvalue weighted by atomic mass is 33.1. The largest absolute Gasteiger partial charge is 0.550 e. The van der Waals surface area contributed by atoms with Gasteiger partial charge in [-0.2, -0.15) is 4.58 Å². The van der Waals surface area contributed by atoms with E-state index in [1.54, 1.807) is 24.3 Å². The number of aliphatic hydroxyl groups excluding tert-OH is 1. The summed E-state index contributed by atoms with van der Waals surface area (Å²) >= 11 is 0. The second-order valence-corrected chi connectivity index (χ2v) is 30.2. The molecule has 7 atom stereocenters. The van der Waals surface area contributed by atoms with Gasteiger partial charge in [0.25, 0.3) is 0 Å². The Hall–Kier alpha value is -10.8. The van der Waals surface area contributed by atoms with E-state index >= 15 is 0 Å². The number of fused-ring (bicyclic) bond motifs is 7. The third kappa shape index (κ3) is 20.2. The number of carboxylic acid groups (broad SMARTS) is 3. The number of carbonyl (C=O) groups excluding carboxylic acids is 9. The number of rotatable bonds is 23. The Morgan fingerprint density at radius 3 is 2.09 bits per heavy atom. The summed E-state index contributed by atoms with van der Waals surface area (Å²) in [5, 5.41) is 74.5. The van der Waals surface area contributed by atoms with Gasteiger partial charge in [-0.05, 0) is 97.3 Å². The molecule has 8 amide bonds. The van der Waals surface area contributed by atoms with Crippen LogP contribution in [0.1, 0.15) is 94.9 Å². The third-order valence-corrected chi connectivity index (χ3v) is 21.7. The number of guanidine groups is 1.